The van der Waals surface area contributed by atoms with Gasteiger partial charge in [-0.2, -0.15) is 0 Å². The molecule has 0 aromatic carbocycles. The smallest absolute Gasteiger partial charge is 0.237 e. The number of aliphatic hydroxyl groups is 1. The minimum Gasteiger partial charge on any atom is -0.393 e. The Labute approximate surface area is 145 Å². The Kier molecular flexibility index (Phi) is 5.11. The molecule has 3 saturated carbocycles. The molecule has 5 nitrogen and oxygen atoms in total. The fraction of sp³-hybridized carbons (Fsp3) is 0.947. The van der Waals surface area contributed by atoms with Gasteiger partial charge in [0.1, 0.15) is 0 Å². The number of rotatable bonds is 5. The minimum absolute atomic E-state index is 0.213. The number of amides is 1. The molecule has 0 radical (unpaired) electrons. The molecule has 0 bridgehead atoms. The molecule has 3 aliphatic carbocycles. The molecule has 0 aromatic heterocycles. The lowest BCUT2D eigenvalue weighted by Gasteiger charge is -2.41. The largest absolute Gasteiger partial charge is 0.393 e. The van der Waals surface area contributed by atoms with E-state index in [1.54, 1.807) is 0 Å². The summed E-state index contributed by atoms with van der Waals surface area (Å²) >= 11 is 0. The maximum atomic E-state index is 13.1. The minimum atomic E-state index is -0.219. The molecule has 3 atom stereocenters. The van der Waals surface area contributed by atoms with Gasteiger partial charge in [0, 0.05) is 30.6 Å². The van der Waals surface area contributed by atoms with Crippen molar-refractivity contribution in [2.45, 2.75) is 82.0 Å². The molecule has 4 rings (SSSR count). The highest BCUT2D eigenvalue weighted by molar-refractivity contribution is 5.79. The lowest BCUT2D eigenvalue weighted by atomic mass is 9.94. The quantitative estimate of drug-likeness (QED) is 0.831. The number of hydrogen-bond acceptors (Lipinski definition) is 4. The Hall–Kier alpha value is -0.650. The van der Waals surface area contributed by atoms with Crippen molar-refractivity contribution in [1.82, 2.24) is 9.80 Å². The molecule has 1 saturated heterocycles. The zero-order valence-corrected chi connectivity index (χ0v) is 14.7. The predicted molar refractivity (Wildman–Crippen MR) is 91.7 cm³/mol. The van der Waals surface area contributed by atoms with Gasteiger partial charge in [0.15, 0.2) is 0 Å². The summed E-state index contributed by atoms with van der Waals surface area (Å²) in [7, 11) is 0. The lowest BCUT2D eigenvalue weighted by molar-refractivity contribution is -0.139. The molecule has 4 fully saturated rings. The topological polar surface area (TPSA) is 53.0 Å². The first-order valence-electron chi connectivity index (χ1n) is 10.0. The van der Waals surface area contributed by atoms with Crippen molar-refractivity contribution in [3.05, 3.63) is 0 Å². The maximum Gasteiger partial charge on any atom is 0.237 e. The molecule has 4 aliphatic rings. The van der Waals surface area contributed by atoms with Crippen LogP contribution in [0.1, 0.15) is 57.8 Å². The van der Waals surface area contributed by atoms with E-state index in [0.29, 0.717) is 37.7 Å². The van der Waals surface area contributed by atoms with Gasteiger partial charge in [-0.05, 0) is 38.5 Å². The third-order valence-electron chi connectivity index (χ3n) is 6.59. The highest BCUT2D eigenvalue weighted by atomic mass is 16.5. The summed E-state index contributed by atoms with van der Waals surface area (Å²) in [6.07, 6.45) is 10.2. The summed E-state index contributed by atoms with van der Waals surface area (Å²) in [6.45, 7) is 2.72. The van der Waals surface area contributed by atoms with Gasteiger partial charge in [-0.3, -0.25) is 9.69 Å². The zero-order valence-electron chi connectivity index (χ0n) is 14.7. The molecular weight excluding hydrogens is 304 g/mol. The van der Waals surface area contributed by atoms with Gasteiger partial charge in [0.05, 0.1) is 25.9 Å². The molecule has 24 heavy (non-hydrogen) atoms. The van der Waals surface area contributed by atoms with Gasteiger partial charge >= 0.3 is 0 Å². The second kappa shape index (κ2) is 7.30. The highest BCUT2D eigenvalue weighted by Gasteiger charge is 2.42. The van der Waals surface area contributed by atoms with Crippen LogP contribution in [0.5, 0.6) is 0 Å². The van der Waals surface area contributed by atoms with Crippen LogP contribution < -0.4 is 0 Å². The van der Waals surface area contributed by atoms with Crippen molar-refractivity contribution < 1.29 is 14.6 Å². The first-order chi connectivity index (χ1) is 11.7. The van der Waals surface area contributed by atoms with Crippen molar-refractivity contribution in [2.75, 3.05) is 26.3 Å². The number of nitrogens with zero attached hydrogens (tertiary/aromatic N) is 2. The first kappa shape index (κ1) is 16.8. The fourth-order valence-electron chi connectivity index (χ4n) is 5.16. The Bertz CT molecular complexity index is 448. The summed E-state index contributed by atoms with van der Waals surface area (Å²) in [5.41, 5.74) is 0. The number of carbonyl (C=O) groups is 1. The highest BCUT2D eigenvalue weighted by Crippen LogP contribution is 2.36. The van der Waals surface area contributed by atoms with Crippen molar-refractivity contribution in [3.63, 3.8) is 0 Å². The molecule has 0 aromatic rings. The van der Waals surface area contributed by atoms with Crippen molar-refractivity contribution >= 4 is 5.91 Å². The fourth-order valence-corrected chi connectivity index (χ4v) is 5.16. The van der Waals surface area contributed by atoms with Gasteiger partial charge in [-0.15, -0.1) is 0 Å². The van der Waals surface area contributed by atoms with Crippen LogP contribution in [-0.2, 0) is 9.53 Å². The van der Waals surface area contributed by atoms with Gasteiger partial charge in [-0.1, -0.05) is 19.3 Å². The summed E-state index contributed by atoms with van der Waals surface area (Å²) < 4.78 is 5.70. The van der Waals surface area contributed by atoms with Crippen molar-refractivity contribution in [1.29, 1.82) is 0 Å². The Morgan fingerprint density at radius 1 is 1.04 bits per heavy atom. The molecule has 136 valence electrons. The average molecular weight is 336 g/mol. The number of ether oxygens (including phenoxy) is 1. The normalized spacial score (nSPS) is 35.5. The Balaban J connectivity index is 1.42. The number of aliphatic hydroxyl groups excluding tert-OH is 1. The summed E-state index contributed by atoms with van der Waals surface area (Å²) in [5.74, 6) is 0.600. The molecular formula is C19H32N2O3. The van der Waals surface area contributed by atoms with Crippen LogP contribution in [0, 0.1) is 5.92 Å². The maximum absolute atomic E-state index is 13.1. The lowest BCUT2D eigenvalue weighted by Crippen LogP contribution is -2.55. The van der Waals surface area contributed by atoms with Crippen LogP contribution in [0.2, 0.25) is 0 Å². The SMILES string of the molecule is O=C(CN1CCOC[C@@H]1[C@@H]1CCC[C@@H]1O)N(C1CCCC1)C1CC1. The van der Waals surface area contributed by atoms with Gasteiger partial charge in [0.25, 0.3) is 0 Å². The molecule has 1 amide bonds. The van der Waals surface area contributed by atoms with E-state index >= 15 is 0 Å². The zero-order chi connectivity index (χ0) is 16.5. The molecule has 0 unspecified atom stereocenters. The number of carbonyl (C=O) groups excluding carboxylic acids is 1. The first-order valence-corrected chi connectivity index (χ1v) is 10.0. The van der Waals surface area contributed by atoms with Crippen LogP contribution in [0.3, 0.4) is 0 Å². The standard InChI is InChI=1S/C19H32N2O3/c22-18-7-3-6-16(18)17-13-24-11-10-20(17)12-19(23)21(15-8-9-15)14-4-1-2-5-14/h14-18,22H,1-13H2/t16-,17+,18-/m0/s1. The Morgan fingerprint density at radius 3 is 2.46 bits per heavy atom. The predicted octanol–water partition coefficient (Wildman–Crippen LogP) is 1.78. The van der Waals surface area contributed by atoms with Crippen LogP contribution in [-0.4, -0.2) is 71.3 Å². The second-order valence-corrected chi connectivity index (χ2v) is 8.25. The van der Waals surface area contributed by atoms with E-state index in [1.165, 1.54) is 38.5 Å². The Morgan fingerprint density at radius 2 is 1.79 bits per heavy atom. The van der Waals surface area contributed by atoms with Gasteiger partial charge < -0.3 is 14.7 Å². The van der Waals surface area contributed by atoms with Crippen LogP contribution >= 0.6 is 0 Å². The van der Waals surface area contributed by atoms with Crippen LogP contribution in [0.25, 0.3) is 0 Å². The van der Waals surface area contributed by atoms with E-state index in [9.17, 15) is 9.90 Å². The van der Waals surface area contributed by atoms with E-state index in [-0.39, 0.29) is 18.1 Å². The number of morpholine rings is 1. The van der Waals surface area contributed by atoms with E-state index in [4.69, 9.17) is 4.74 Å². The monoisotopic (exact) mass is 336 g/mol. The third kappa shape index (κ3) is 3.49. The molecule has 1 N–H and O–H groups in total. The molecule has 1 aliphatic heterocycles. The number of hydrogen-bond donors (Lipinski definition) is 1. The van der Waals surface area contributed by atoms with Crippen molar-refractivity contribution in [2.24, 2.45) is 5.92 Å². The van der Waals surface area contributed by atoms with Crippen LogP contribution in [0.15, 0.2) is 0 Å². The summed E-state index contributed by atoms with van der Waals surface area (Å²) in [4.78, 5) is 17.7. The van der Waals surface area contributed by atoms with Crippen molar-refractivity contribution in [3.8, 4) is 0 Å². The summed E-state index contributed by atoms with van der Waals surface area (Å²) in [6, 6.07) is 1.21. The molecule has 5 heteroatoms. The van der Waals surface area contributed by atoms with Gasteiger partial charge in [-0.25, -0.2) is 0 Å². The van der Waals surface area contributed by atoms with E-state index in [2.05, 4.69) is 9.80 Å². The average Bonchev–Trinajstić information content (AvgIpc) is 3.07. The van der Waals surface area contributed by atoms with E-state index < -0.39 is 0 Å². The van der Waals surface area contributed by atoms with Crippen LogP contribution in [0.4, 0.5) is 0 Å². The third-order valence-corrected chi connectivity index (χ3v) is 6.59. The molecule has 0 spiro atoms. The van der Waals surface area contributed by atoms with E-state index in [1.807, 2.05) is 0 Å². The second-order valence-electron chi connectivity index (χ2n) is 8.25. The summed E-state index contributed by atoms with van der Waals surface area (Å²) in [5, 5.41) is 10.3. The van der Waals surface area contributed by atoms with Gasteiger partial charge in [0.2, 0.25) is 5.91 Å². The molecule has 1 heterocycles. The van der Waals surface area contributed by atoms with E-state index in [0.717, 1.165) is 25.8 Å².